The van der Waals surface area contributed by atoms with Gasteiger partial charge >= 0.3 is 0 Å². The van der Waals surface area contributed by atoms with Crippen LogP contribution in [0.1, 0.15) is 31.9 Å². The zero-order valence-corrected chi connectivity index (χ0v) is 16.8. The Kier molecular flexibility index (Phi) is 6.58. The van der Waals surface area contributed by atoms with E-state index < -0.39 is 0 Å². The molecule has 0 bridgehead atoms. The van der Waals surface area contributed by atoms with E-state index >= 15 is 0 Å². The number of thioether (sulfide) groups is 1. The van der Waals surface area contributed by atoms with E-state index in [1.165, 1.54) is 11.8 Å². The molecule has 27 heavy (non-hydrogen) atoms. The lowest BCUT2D eigenvalue weighted by Gasteiger charge is -2.17. The van der Waals surface area contributed by atoms with Gasteiger partial charge in [0.05, 0.1) is 18.1 Å². The Morgan fingerprint density at radius 1 is 1.30 bits per heavy atom. The summed E-state index contributed by atoms with van der Waals surface area (Å²) in [5, 5.41) is 12.8. The van der Waals surface area contributed by atoms with Crippen LogP contribution in [0.3, 0.4) is 0 Å². The predicted molar refractivity (Wildman–Crippen MR) is 107 cm³/mol. The normalized spacial score (nSPS) is 12.1. The zero-order chi connectivity index (χ0) is 19.2. The number of nitrogens with zero attached hydrogens (tertiary/aromatic N) is 3. The molecule has 8 heteroatoms. The van der Waals surface area contributed by atoms with Gasteiger partial charge in [-0.2, -0.15) is 0 Å². The minimum atomic E-state index is -0.0699. The SMILES string of the molecule is CCC(NC(=O)CSc1nnc(-c2ccco2)n1CC)c1cccc(Cl)c1. The van der Waals surface area contributed by atoms with Gasteiger partial charge in [0.1, 0.15) is 0 Å². The molecular formula is C19H21ClN4O2S. The number of aromatic nitrogens is 3. The summed E-state index contributed by atoms with van der Waals surface area (Å²) in [6, 6.07) is 11.1. The van der Waals surface area contributed by atoms with Gasteiger partial charge in [-0.1, -0.05) is 42.4 Å². The van der Waals surface area contributed by atoms with Crippen molar-refractivity contribution in [2.24, 2.45) is 0 Å². The summed E-state index contributed by atoms with van der Waals surface area (Å²) in [7, 11) is 0. The lowest BCUT2D eigenvalue weighted by atomic mass is 10.0. The van der Waals surface area contributed by atoms with E-state index in [1.54, 1.807) is 6.26 Å². The summed E-state index contributed by atoms with van der Waals surface area (Å²) in [6.45, 7) is 4.72. The highest BCUT2D eigenvalue weighted by Crippen LogP contribution is 2.25. The third kappa shape index (κ3) is 4.73. The quantitative estimate of drug-likeness (QED) is 0.556. The van der Waals surface area contributed by atoms with E-state index in [0.717, 1.165) is 12.0 Å². The lowest BCUT2D eigenvalue weighted by Crippen LogP contribution is -2.29. The summed E-state index contributed by atoms with van der Waals surface area (Å²) in [5.74, 6) is 1.52. The minimum absolute atomic E-state index is 0.0583. The molecule has 0 aliphatic carbocycles. The van der Waals surface area contributed by atoms with E-state index in [0.29, 0.717) is 28.3 Å². The van der Waals surface area contributed by atoms with Gasteiger partial charge < -0.3 is 9.73 Å². The van der Waals surface area contributed by atoms with Gasteiger partial charge in [-0.3, -0.25) is 9.36 Å². The molecule has 1 amide bonds. The first kappa shape index (κ1) is 19.5. The van der Waals surface area contributed by atoms with E-state index in [1.807, 2.05) is 54.8 Å². The number of amides is 1. The van der Waals surface area contributed by atoms with E-state index in [9.17, 15) is 4.79 Å². The standard InChI is InChI=1S/C19H21ClN4O2S/c1-3-15(13-7-5-8-14(20)11-13)21-17(25)12-27-19-23-22-18(24(19)4-2)16-9-6-10-26-16/h5-11,15H,3-4,12H2,1-2H3,(H,21,25). The van der Waals surface area contributed by atoms with Gasteiger partial charge in [-0.05, 0) is 43.2 Å². The predicted octanol–water partition coefficient (Wildman–Crippen LogP) is 4.57. The molecule has 3 aromatic rings. The highest BCUT2D eigenvalue weighted by molar-refractivity contribution is 7.99. The van der Waals surface area contributed by atoms with Crippen molar-refractivity contribution in [1.29, 1.82) is 0 Å². The molecule has 1 N–H and O–H groups in total. The van der Waals surface area contributed by atoms with Crippen molar-refractivity contribution in [2.75, 3.05) is 5.75 Å². The summed E-state index contributed by atoms with van der Waals surface area (Å²) in [5.41, 5.74) is 1.00. The number of furan rings is 1. The number of hydrogen-bond donors (Lipinski definition) is 1. The molecule has 142 valence electrons. The number of carbonyl (C=O) groups excluding carboxylic acids is 1. The molecule has 0 aliphatic heterocycles. The van der Waals surface area contributed by atoms with Crippen molar-refractivity contribution in [3.8, 4) is 11.6 Å². The van der Waals surface area contributed by atoms with Crippen molar-refractivity contribution in [2.45, 2.75) is 38.0 Å². The summed E-state index contributed by atoms with van der Waals surface area (Å²) < 4.78 is 7.34. The van der Waals surface area contributed by atoms with Crippen molar-refractivity contribution >= 4 is 29.3 Å². The fraction of sp³-hybridized carbons (Fsp3) is 0.316. The van der Waals surface area contributed by atoms with Crippen LogP contribution in [-0.4, -0.2) is 26.4 Å². The molecule has 1 atom stereocenters. The molecule has 2 aromatic heterocycles. The maximum absolute atomic E-state index is 12.4. The summed E-state index contributed by atoms with van der Waals surface area (Å²) >= 11 is 7.42. The smallest absolute Gasteiger partial charge is 0.230 e. The number of benzene rings is 1. The molecule has 0 radical (unpaired) electrons. The van der Waals surface area contributed by atoms with E-state index in [2.05, 4.69) is 15.5 Å². The Morgan fingerprint density at radius 2 is 2.15 bits per heavy atom. The Balaban J connectivity index is 1.64. The topological polar surface area (TPSA) is 73.0 Å². The number of rotatable bonds is 8. The lowest BCUT2D eigenvalue weighted by molar-refractivity contribution is -0.119. The van der Waals surface area contributed by atoms with Gasteiger partial charge in [-0.25, -0.2) is 0 Å². The molecular weight excluding hydrogens is 384 g/mol. The van der Waals surface area contributed by atoms with Gasteiger partial charge in [0.15, 0.2) is 16.7 Å². The van der Waals surface area contributed by atoms with Crippen molar-refractivity contribution in [3.05, 3.63) is 53.2 Å². The van der Waals surface area contributed by atoms with Crippen LogP contribution in [0, 0.1) is 0 Å². The molecule has 2 heterocycles. The van der Waals surface area contributed by atoms with Gasteiger partial charge in [0.2, 0.25) is 5.91 Å². The average molecular weight is 405 g/mol. The maximum Gasteiger partial charge on any atom is 0.230 e. The molecule has 1 aromatic carbocycles. The van der Waals surface area contributed by atoms with Crippen LogP contribution in [-0.2, 0) is 11.3 Å². The summed E-state index contributed by atoms with van der Waals surface area (Å²) in [4.78, 5) is 12.4. The third-order valence-electron chi connectivity index (χ3n) is 4.10. The first-order valence-electron chi connectivity index (χ1n) is 8.77. The second kappa shape index (κ2) is 9.10. The molecule has 0 saturated heterocycles. The van der Waals surface area contributed by atoms with Crippen LogP contribution >= 0.6 is 23.4 Å². The molecule has 0 spiro atoms. The third-order valence-corrected chi connectivity index (χ3v) is 5.30. The zero-order valence-electron chi connectivity index (χ0n) is 15.2. The Labute approximate surface area is 167 Å². The van der Waals surface area contributed by atoms with Crippen molar-refractivity contribution < 1.29 is 9.21 Å². The van der Waals surface area contributed by atoms with E-state index in [4.69, 9.17) is 16.0 Å². The second-order valence-corrected chi connectivity index (χ2v) is 7.28. The molecule has 0 saturated carbocycles. The monoisotopic (exact) mass is 404 g/mol. The maximum atomic E-state index is 12.4. The highest BCUT2D eigenvalue weighted by atomic mass is 35.5. The average Bonchev–Trinajstić information content (AvgIpc) is 3.33. The number of carbonyl (C=O) groups is 1. The Bertz CT molecular complexity index is 895. The van der Waals surface area contributed by atoms with Gasteiger partial charge in [0, 0.05) is 11.6 Å². The molecule has 0 aliphatic rings. The van der Waals surface area contributed by atoms with Gasteiger partial charge in [0.25, 0.3) is 0 Å². The number of nitrogens with one attached hydrogen (secondary N) is 1. The van der Waals surface area contributed by atoms with Crippen LogP contribution in [0.15, 0.2) is 52.2 Å². The summed E-state index contributed by atoms with van der Waals surface area (Å²) in [6.07, 6.45) is 2.38. The molecule has 6 nitrogen and oxygen atoms in total. The molecule has 0 fully saturated rings. The van der Waals surface area contributed by atoms with Crippen LogP contribution in [0.25, 0.3) is 11.6 Å². The number of halogens is 1. The van der Waals surface area contributed by atoms with Crippen molar-refractivity contribution in [1.82, 2.24) is 20.1 Å². The van der Waals surface area contributed by atoms with Gasteiger partial charge in [-0.15, -0.1) is 10.2 Å². The Hall–Kier alpha value is -2.25. The van der Waals surface area contributed by atoms with Crippen molar-refractivity contribution in [3.63, 3.8) is 0 Å². The first-order valence-corrected chi connectivity index (χ1v) is 10.1. The second-order valence-electron chi connectivity index (χ2n) is 5.90. The van der Waals surface area contributed by atoms with Crippen LogP contribution in [0.5, 0.6) is 0 Å². The largest absolute Gasteiger partial charge is 0.461 e. The highest BCUT2D eigenvalue weighted by Gasteiger charge is 2.18. The Morgan fingerprint density at radius 3 is 2.81 bits per heavy atom. The van der Waals surface area contributed by atoms with Crippen LogP contribution in [0.4, 0.5) is 0 Å². The van der Waals surface area contributed by atoms with Crippen LogP contribution < -0.4 is 5.32 Å². The molecule has 1 unspecified atom stereocenters. The fourth-order valence-corrected chi connectivity index (χ4v) is 3.79. The fourth-order valence-electron chi connectivity index (χ4n) is 2.78. The van der Waals surface area contributed by atoms with E-state index in [-0.39, 0.29) is 17.7 Å². The molecule has 3 rings (SSSR count). The minimum Gasteiger partial charge on any atom is -0.461 e. The first-order chi connectivity index (χ1) is 13.1. The van der Waals surface area contributed by atoms with Crippen LogP contribution in [0.2, 0.25) is 5.02 Å². The number of hydrogen-bond acceptors (Lipinski definition) is 5.